The Labute approximate surface area is 146 Å². The first-order valence-corrected chi connectivity index (χ1v) is 7.42. The fraction of sp³-hybridized carbons (Fsp3) is 0.0556. The molecule has 0 radical (unpaired) electrons. The minimum absolute atomic E-state index is 0.0993. The number of hydrogen-bond donors (Lipinski definition) is 2. The number of aryl methyl sites for hydroxylation is 1. The number of carbonyl (C=O) groups is 2. The average Bonchev–Trinajstić information content (AvgIpc) is 3.08. The molecule has 6 nitrogen and oxygen atoms in total. The van der Waals surface area contributed by atoms with Crippen LogP contribution in [0.4, 0.5) is 14.5 Å². The van der Waals surface area contributed by atoms with Crippen molar-refractivity contribution in [2.45, 2.75) is 6.92 Å². The molecule has 0 fully saturated rings. The van der Waals surface area contributed by atoms with E-state index in [0.717, 1.165) is 12.1 Å². The Bertz CT molecular complexity index is 1010. The van der Waals surface area contributed by atoms with Crippen molar-refractivity contribution in [2.75, 3.05) is 5.32 Å². The lowest BCUT2D eigenvalue weighted by Crippen LogP contribution is -2.14. The number of amides is 1. The molecular weight excluding hydrogens is 346 g/mol. The molecule has 0 unspecified atom stereocenters. The molecule has 3 aromatic rings. The van der Waals surface area contributed by atoms with Crippen LogP contribution in [0.3, 0.4) is 0 Å². The van der Waals surface area contributed by atoms with Crippen molar-refractivity contribution >= 4 is 17.6 Å². The van der Waals surface area contributed by atoms with Gasteiger partial charge in [0.1, 0.15) is 5.69 Å². The molecule has 1 amide bonds. The fourth-order valence-electron chi connectivity index (χ4n) is 2.37. The Hall–Kier alpha value is -3.55. The first-order valence-electron chi connectivity index (χ1n) is 7.42. The van der Waals surface area contributed by atoms with E-state index < -0.39 is 23.5 Å². The monoisotopic (exact) mass is 358 g/mol. The van der Waals surface area contributed by atoms with E-state index in [2.05, 4.69) is 10.3 Å². The highest BCUT2D eigenvalue weighted by atomic mass is 19.2. The van der Waals surface area contributed by atoms with Crippen LogP contribution < -0.4 is 5.32 Å². The summed E-state index contributed by atoms with van der Waals surface area (Å²) in [6.45, 7) is 1.54. The molecule has 0 saturated carbocycles. The molecule has 0 atom stereocenters. The average molecular weight is 358 g/mol. The number of pyridine rings is 1. The van der Waals surface area contributed by atoms with E-state index in [4.69, 9.17) is 9.52 Å². The van der Waals surface area contributed by atoms with Gasteiger partial charge in [0.2, 0.25) is 0 Å². The van der Waals surface area contributed by atoms with Crippen LogP contribution in [0.15, 0.2) is 47.1 Å². The molecule has 3 rings (SSSR count). The zero-order chi connectivity index (χ0) is 18.8. The molecule has 0 aliphatic heterocycles. The van der Waals surface area contributed by atoms with E-state index in [0.29, 0.717) is 11.4 Å². The van der Waals surface area contributed by atoms with E-state index >= 15 is 0 Å². The summed E-state index contributed by atoms with van der Waals surface area (Å²) in [6, 6.07) is 7.37. The van der Waals surface area contributed by atoms with E-state index in [-0.39, 0.29) is 22.6 Å². The van der Waals surface area contributed by atoms with Crippen molar-refractivity contribution in [1.82, 2.24) is 4.98 Å². The van der Waals surface area contributed by atoms with Gasteiger partial charge in [0.15, 0.2) is 17.4 Å². The number of anilines is 1. The lowest BCUT2D eigenvalue weighted by atomic mass is 10.1. The van der Waals surface area contributed by atoms with Gasteiger partial charge in [-0.15, -0.1) is 0 Å². The highest BCUT2D eigenvalue weighted by molar-refractivity contribution is 6.07. The van der Waals surface area contributed by atoms with Crippen molar-refractivity contribution in [1.29, 1.82) is 0 Å². The van der Waals surface area contributed by atoms with Crippen molar-refractivity contribution in [3.63, 3.8) is 0 Å². The summed E-state index contributed by atoms with van der Waals surface area (Å²) in [7, 11) is 0. The summed E-state index contributed by atoms with van der Waals surface area (Å²) >= 11 is 0. The number of halogens is 2. The number of hydrogen-bond acceptors (Lipinski definition) is 4. The smallest absolute Gasteiger partial charge is 0.354 e. The minimum atomic E-state index is -1.18. The molecule has 1 aromatic carbocycles. The van der Waals surface area contributed by atoms with Crippen molar-refractivity contribution in [2.24, 2.45) is 0 Å². The number of nitrogens with one attached hydrogen (secondary N) is 1. The number of aromatic carboxylic acids is 1. The maximum absolute atomic E-state index is 13.4. The van der Waals surface area contributed by atoms with Crippen LogP contribution in [0, 0.1) is 18.6 Å². The Balaban J connectivity index is 1.89. The van der Waals surface area contributed by atoms with Gasteiger partial charge in [-0.1, -0.05) is 6.07 Å². The number of carboxylic acid groups (broad SMARTS) is 1. The Morgan fingerprint density at radius 3 is 2.54 bits per heavy atom. The standard InChI is InChI=1S/C18H12F2N2O4/c1-9-14(4-5-15(21-9)18(24)25)22-17(23)16-11(6-7-26-16)10-2-3-12(19)13(20)8-10/h2-8H,1H3,(H,22,23)(H,24,25). The molecule has 2 N–H and O–H groups in total. The molecule has 0 spiro atoms. The maximum Gasteiger partial charge on any atom is 0.354 e. The van der Waals surface area contributed by atoms with Gasteiger partial charge in [0, 0.05) is 5.56 Å². The number of aromatic nitrogens is 1. The highest BCUT2D eigenvalue weighted by Gasteiger charge is 2.19. The number of benzene rings is 1. The highest BCUT2D eigenvalue weighted by Crippen LogP contribution is 2.27. The lowest BCUT2D eigenvalue weighted by Gasteiger charge is -2.08. The molecule has 0 aliphatic carbocycles. The number of furan rings is 1. The third-order valence-corrected chi connectivity index (χ3v) is 3.66. The summed E-state index contributed by atoms with van der Waals surface area (Å²) in [5, 5.41) is 11.5. The van der Waals surface area contributed by atoms with Crippen LogP contribution in [-0.4, -0.2) is 22.0 Å². The van der Waals surface area contributed by atoms with Crippen LogP contribution in [0.5, 0.6) is 0 Å². The molecule has 0 aliphatic rings. The van der Waals surface area contributed by atoms with Gasteiger partial charge in [-0.3, -0.25) is 4.79 Å². The second-order valence-corrected chi connectivity index (χ2v) is 5.38. The SMILES string of the molecule is Cc1nc(C(=O)O)ccc1NC(=O)c1occc1-c1ccc(F)c(F)c1. The summed E-state index contributed by atoms with van der Waals surface area (Å²) in [5.41, 5.74) is 1.01. The molecular formula is C18H12F2N2O4. The molecule has 2 heterocycles. The molecule has 132 valence electrons. The van der Waals surface area contributed by atoms with Gasteiger partial charge in [-0.2, -0.15) is 0 Å². The maximum atomic E-state index is 13.4. The first kappa shape index (κ1) is 17.3. The van der Waals surface area contributed by atoms with Gasteiger partial charge < -0.3 is 14.8 Å². The number of carbonyl (C=O) groups excluding carboxylic acids is 1. The molecule has 26 heavy (non-hydrogen) atoms. The topological polar surface area (TPSA) is 92.4 Å². The minimum Gasteiger partial charge on any atom is -0.477 e. The molecule has 8 heteroatoms. The predicted molar refractivity (Wildman–Crippen MR) is 87.9 cm³/mol. The number of carboxylic acids is 1. The first-order chi connectivity index (χ1) is 12.4. The van der Waals surface area contributed by atoms with Crippen molar-refractivity contribution in [3.8, 4) is 11.1 Å². The van der Waals surface area contributed by atoms with E-state index in [1.54, 1.807) is 6.92 Å². The van der Waals surface area contributed by atoms with Gasteiger partial charge in [-0.25, -0.2) is 18.6 Å². The van der Waals surface area contributed by atoms with Crippen molar-refractivity contribution < 1.29 is 27.9 Å². The zero-order valence-electron chi connectivity index (χ0n) is 13.4. The summed E-state index contributed by atoms with van der Waals surface area (Å²) in [6.07, 6.45) is 1.25. The predicted octanol–water partition coefficient (Wildman–Crippen LogP) is 3.88. The lowest BCUT2D eigenvalue weighted by molar-refractivity contribution is 0.0690. The molecule has 0 saturated heterocycles. The van der Waals surface area contributed by atoms with Crippen LogP contribution in [-0.2, 0) is 0 Å². The van der Waals surface area contributed by atoms with Gasteiger partial charge >= 0.3 is 5.97 Å². The van der Waals surface area contributed by atoms with E-state index in [1.165, 1.54) is 30.5 Å². The summed E-state index contributed by atoms with van der Waals surface area (Å²) < 4.78 is 31.7. The Morgan fingerprint density at radius 1 is 1.12 bits per heavy atom. The normalized spacial score (nSPS) is 10.6. The third kappa shape index (κ3) is 3.30. The van der Waals surface area contributed by atoms with Crippen LogP contribution in [0.2, 0.25) is 0 Å². The Morgan fingerprint density at radius 2 is 1.88 bits per heavy atom. The number of nitrogens with zero attached hydrogens (tertiary/aromatic N) is 1. The van der Waals surface area contributed by atoms with Gasteiger partial charge in [0.05, 0.1) is 17.6 Å². The quantitative estimate of drug-likeness (QED) is 0.738. The van der Waals surface area contributed by atoms with Crippen LogP contribution >= 0.6 is 0 Å². The van der Waals surface area contributed by atoms with Crippen LogP contribution in [0.1, 0.15) is 26.7 Å². The Kier molecular flexibility index (Phi) is 4.49. The molecule has 0 bridgehead atoms. The largest absolute Gasteiger partial charge is 0.477 e. The fourth-order valence-corrected chi connectivity index (χ4v) is 2.37. The second kappa shape index (κ2) is 6.75. The number of rotatable bonds is 4. The summed E-state index contributed by atoms with van der Waals surface area (Å²) in [5.74, 6) is -3.96. The van der Waals surface area contributed by atoms with Gasteiger partial charge in [0.25, 0.3) is 5.91 Å². The third-order valence-electron chi connectivity index (χ3n) is 3.66. The van der Waals surface area contributed by atoms with Gasteiger partial charge in [-0.05, 0) is 42.8 Å². The molecule has 2 aromatic heterocycles. The zero-order valence-corrected chi connectivity index (χ0v) is 13.4. The second-order valence-electron chi connectivity index (χ2n) is 5.38. The van der Waals surface area contributed by atoms with Crippen LogP contribution in [0.25, 0.3) is 11.1 Å². The summed E-state index contributed by atoms with van der Waals surface area (Å²) in [4.78, 5) is 27.3. The van der Waals surface area contributed by atoms with Crippen molar-refractivity contribution in [3.05, 3.63) is 71.4 Å². The van der Waals surface area contributed by atoms with E-state index in [1.807, 2.05) is 0 Å². The van der Waals surface area contributed by atoms with E-state index in [9.17, 15) is 18.4 Å².